The molecule has 4 heteroatoms. The number of nitrogens with one attached hydrogen (secondary N) is 1. The molecule has 1 rings (SSSR count). The van der Waals surface area contributed by atoms with E-state index >= 15 is 0 Å². The van der Waals surface area contributed by atoms with Crippen molar-refractivity contribution < 1.29 is 4.79 Å². The average Bonchev–Trinajstić information content (AvgIpc) is 2.44. The summed E-state index contributed by atoms with van der Waals surface area (Å²) >= 11 is 0. The molecule has 4 nitrogen and oxygen atoms in total. The van der Waals surface area contributed by atoms with Crippen LogP contribution in [0, 0.1) is 5.92 Å². The molecule has 1 unspecified atom stereocenters. The molecular formula is C9H19N3O. The van der Waals surface area contributed by atoms with Crippen LogP contribution in [0.15, 0.2) is 0 Å². The van der Waals surface area contributed by atoms with E-state index in [1.165, 1.54) is 0 Å². The maximum Gasteiger partial charge on any atom is 0.238 e. The Kier molecular flexibility index (Phi) is 3.69. The third-order valence-corrected chi connectivity index (χ3v) is 2.41. The molecular weight excluding hydrogens is 166 g/mol. The number of hydrogen-bond acceptors (Lipinski definition) is 3. The molecule has 0 aromatic rings. The van der Waals surface area contributed by atoms with Gasteiger partial charge in [0.25, 0.3) is 0 Å². The van der Waals surface area contributed by atoms with E-state index in [1.54, 1.807) is 5.01 Å². The van der Waals surface area contributed by atoms with Crippen molar-refractivity contribution in [2.45, 2.75) is 32.7 Å². The molecule has 1 aliphatic heterocycles. The van der Waals surface area contributed by atoms with Gasteiger partial charge in [-0.05, 0) is 18.9 Å². The molecule has 0 saturated carbocycles. The Bertz CT molecular complexity index is 182. The predicted octanol–water partition coefficient (Wildman–Crippen LogP) is 0.0967. The Balaban J connectivity index is 2.37. The number of hydrazine groups is 1. The van der Waals surface area contributed by atoms with Crippen molar-refractivity contribution in [1.82, 2.24) is 10.4 Å². The Morgan fingerprint density at radius 3 is 2.85 bits per heavy atom. The molecule has 1 aliphatic rings. The number of nitrogens with zero attached hydrogens (tertiary/aromatic N) is 1. The molecule has 1 fully saturated rings. The van der Waals surface area contributed by atoms with Crippen LogP contribution in [-0.4, -0.2) is 30.0 Å². The molecule has 1 amide bonds. The minimum absolute atomic E-state index is 0.201. The topological polar surface area (TPSA) is 58.4 Å². The Hall–Kier alpha value is -0.610. The van der Waals surface area contributed by atoms with Gasteiger partial charge in [0, 0.05) is 19.0 Å². The highest BCUT2D eigenvalue weighted by Gasteiger charge is 2.30. The van der Waals surface area contributed by atoms with E-state index in [0.29, 0.717) is 24.9 Å². The second kappa shape index (κ2) is 4.58. The zero-order valence-corrected chi connectivity index (χ0v) is 8.42. The Morgan fingerprint density at radius 1 is 1.69 bits per heavy atom. The van der Waals surface area contributed by atoms with Crippen LogP contribution in [0.4, 0.5) is 0 Å². The van der Waals surface area contributed by atoms with Gasteiger partial charge in [0.05, 0.1) is 0 Å². The molecule has 0 aromatic carbocycles. The zero-order chi connectivity index (χ0) is 9.84. The van der Waals surface area contributed by atoms with Gasteiger partial charge in [-0.2, -0.15) is 0 Å². The van der Waals surface area contributed by atoms with Crippen molar-refractivity contribution in [2.75, 3.05) is 13.1 Å². The highest BCUT2D eigenvalue weighted by molar-refractivity contribution is 5.78. The summed E-state index contributed by atoms with van der Waals surface area (Å²) in [6.07, 6.45) is 1.49. The standard InChI is InChI=1S/C9H19N3O/c1-7(2)8-6-9(13)12(11-8)5-3-4-10/h7-8,11H,3-6,10H2,1-2H3. The zero-order valence-electron chi connectivity index (χ0n) is 8.42. The normalized spacial score (nSPS) is 23.2. The number of amides is 1. The fraction of sp³-hybridized carbons (Fsp3) is 0.889. The summed E-state index contributed by atoms with van der Waals surface area (Å²) < 4.78 is 0. The minimum Gasteiger partial charge on any atom is -0.330 e. The fourth-order valence-electron chi connectivity index (χ4n) is 1.44. The quantitative estimate of drug-likeness (QED) is 0.653. The summed E-state index contributed by atoms with van der Waals surface area (Å²) in [7, 11) is 0. The van der Waals surface area contributed by atoms with Gasteiger partial charge in [-0.1, -0.05) is 13.8 Å². The molecule has 1 heterocycles. The summed E-state index contributed by atoms with van der Waals surface area (Å²) in [6.45, 7) is 5.62. The van der Waals surface area contributed by atoms with Crippen LogP contribution in [0.3, 0.4) is 0 Å². The highest BCUT2D eigenvalue weighted by atomic mass is 16.2. The summed E-state index contributed by atoms with van der Waals surface area (Å²) in [5.74, 6) is 0.707. The third kappa shape index (κ3) is 2.67. The Labute approximate surface area is 79.4 Å². The van der Waals surface area contributed by atoms with Crippen LogP contribution in [0.2, 0.25) is 0 Å². The van der Waals surface area contributed by atoms with Crippen molar-refractivity contribution in [2.24, 2.45) is 11.7 Å². The molecule has 3 N–H and O–H groups in total. The van der Waals surface area contributed by atoms with Crippen molar-refractivity contribution in [3.63, 3.8) is 0 Å². The highest BCUT2D eigenvalue weighted by Crippen LogP contribution is 2.14. The van der Waals surface area contributed by atoms with E-state index in [2.05, 4.69) is 19.3 Å². The lowest BCUT2D eigenvalue weighted by molar-refractivity contribution is -0.129. The van der Waals surface area contributed by atoms with E-state index < -0.39 is 0 Å². The largest absolute Gasteiger partial charge is 0.330 e. The number of nitrogens with two attached hydrogens (primary N) is 1. The number of carbonyl (C=O) groups excluding carboxylic acids is 1. The van der Waals surface area contributed by atoms with Crippen molar-refractivity contribution in [1.29, 1.82) is 0 Å². The fourth-order valence-corrected chi connectivity index (χ4v) is 1.44. The first-order valence-corrected chi connectivity index (χ1v) is 4.91. The maximum absolute atomic E-state index is 11.4. The van der Waals surface area contributed by atoms with Gasteiger partial charge in [-0.3, -0.25) is 9.80 Å². The second-order valence-electron chi connectivity index (χ2n) is 3.87. The maximum atomic E-state index is 11.4. The minimum atomic E-state index is 0.201. The summed E-state index contributed by atoms with van der Waals surface area (Å²) in [4.78, 5) is 11.4. The molecule has 0 radical (unpaired) electrons. The first-order valence-electron chi connectivity index (χ1n) is 4.91. The van der Waals surface area contributed by atoms with E-state index in [0.717, 1.165) is 13.0 Å². The number of hydrogen-bond donors (Lipinski definition) is 2. The van der Waals surface area contributed by atoms with Crippen LogP contribution in [0.25, 0.3) is 0 Å². The first-order chi connectivity index (χ1) is 6.15. The van der Waals surface area contributed by atoms with Gasteiger partial charge >= 0.3 is 0 Å². The van der Waals surface area contributed by atoms with Crippen LogP contribution in [0.5, 0.6) is 0 Å². The van der Waals surface area contributed by atoms with Gasteiger partial charge in [-0.15, -0.1) is 0 Å². The van der Waals surface area contributed by atoms with E-state index in [4.69, 9.17) is 5.73 Å². The summed E-state index contributed by atoms with van der Waals surface area (Å²) in [5.41, 5.74) is 8.58. The lowest BCUT2D eigenvalue weighted by Crippen LogP contribution is -2.40. The van der Waals surface area contributed by atoms with Gasteiger partial charge in [0.2, 0.25) is 5.91 Å². The van der Waals surface area contributed by atoms with E-state index in [-0.39, 0.29) is 5.91 Å². The lowest BCUT2D eigenvalue weighted by Gasteiger charge is -2.19. The molecule has 0 bridgehead atoms. The van der Waals surface area contributed by atoms with Crippen LogP contribution in [-0.2, 0) is 4.79 Å². The van der Waals surface area contributed by atoms with E-state index in [9.17, 15) is 4.79 Å². The molecule has 1 saturated heterocycles. The van der Waals surface area contributed by atoms with E-state index in [1.807, 2.05) is 0 Å². The van der Waals surface area contributed by atoms with Crippen molar-refractivity contribution >= 4 is 5.91 Å². The number of rotatable bonds is 4. The predicted molar refractivity (Wildman–Crippen MR) is 51.8 cm³/mol. The average molecular weight is 185 g/mol. The summed E-state index contributed by atoms with van der Waals surface area (Å²) in [6, 6.07) is 0.310. The van der Waals surface area contributed by atoms with Crippen LogP contribution in [0.1, 0.15) is 26.7 Å². The SMILES string of the molecule is CC(C)C1CC(=O)N(CCCN)N1. The smallest absolute Gasteiger partial charge is 0.238 e. The van der Waals surface area contributed by atoms with Crippen LogP contribution < -0.4 is 11.2 Å². The Morgan fingerprint density at radius 2 is 2.38 bits per heavy atom. The monoisotopic (exact) mass is 185 g/mol. The molecule has 0 spiro atoms. The van der Waals surface area contributed by atoms with Crippen molar-refractivity contribution in [3.8, 4) is 0 Å². The van der Waals surface area contributed by atoms with Gasteiger partial charge in [-0.25, -0.2) is 5.43 Å². The molecule has 76 valence electrons. The third-order valence-electron chi connectivity index (χ3n) is 2.41. The molecule has 1 atom stereocenters. The van der Waals surface area contributed by atoms with Crippen LogP contribution >= 0.6 is 0 Å². The summed E-state index contributed by atoms with van der Waals surface area (Å²) in [5, 5.41) is 1.71. The van der Waals surface area contributed by atoms with Gasteiger partial charge in [0.15, 0.2) is 0 Å². The first kappa shape index (κ1) is 10.5. The molecule has 13 heavy (non-hydrogen) atoms. The molecule has 0 aliphatic carbocycles. The van der Waals surface area contributed by atoms with Crippen molar-refractivity contribution in [3.05, 3.63) is 0 Å². The van der Waals surface area contributed by atoms with Gasteiger partial charge in [0.1, 0.15) is 0 Å². The number of carbonyl (C=O) groups is 1. The van der Waals surface area contributed by atoms with Gasteiger partial charge < -0.3 is 5.73 Å². The second-order valence-corrected chi connectivity index (χ2v) is 3.87. The lowest BCUT2D eigenvalue weighted by atomic mass is 10.0. The molecule has 0 aromatic heterocycles.